The third-order valence-electron chi connectivity index (χ3n) is 3.72. The molecule has 1 atom stereocenters. The van der Waals surface area contributed by atoms with Gasteiger partial charge in [-0.2, -0.15) is 0 Å². The molecule has 1 N–H and O–H groups in total. The average molecular weight is 282 g/mol. The minimum Gasteiger partial charge on any atom is -0.491 e. The van der Waals surface area contributed by atoms with Crippen molar-refractivity contribution in [2.24, 2.45) is 5.92 Å². The van der Waals surface area contributed by atoms with E-state index in [4.69, 9.17) is 16.3 Å². The summed E-state index contributed by atoms with van der Waals surface area (Å²) in [6, 6.07) is 6.27. The van der Waals surface area contributed by atoms with Gasteiger partial charge in [-0.15, -0.1) is 0 Å². The van der Waals surface area contributed by atoms with Crippen LogP contribution in [0.2, 0.25) is 5.02 Å². The molecule has 1 aromatic carbocycles. The number of ether oxygens (including phenoxy) is 1. The van der Waals surface area contributed by atoms with Gasteiger partial charge in [0.25, 0.3) is 0 Å². The molecule has 0 aliphatic heterocycles. The number of hydrogen-bond donors (Lipinski definition) is 1. The van der Waals surface area contributed by atoms with E-state index in [2.05, 4.69) is 19.2 Å². The average Bonchev–Trinajstić information content (AvgIpc) is 2.33. The molecule has 2 nitrogen and oxygen atoms in total. The Hall–Kier alpha value is -0.890. The van der Waals surface area contributed by atoms with E-state index in [1.807, 2.05) is 18.2 Å². The Kier molecular flexibility index (Phi) is 5.38. The van der Waals surface area contributed by atoms with Crippen molar-refractivity contribution < 1.29 is 4.74 Å². The van der Waals surface area contributed by atoms with Gasteiger partial charge in [0, 0.05) is 11.1 Å². The zero-order chi connectivity index (χ0) is 13.7. The zero-order valence-electron chi connectivity index (χ0n) is 11.9. The molecule has 3 heteroatoms. The summed E-state index contributed by atoms with van der Waals surface area (Å²) in [4.78, 5) is 0. The number of rotatable bonds is 7. The van der Waals surface area contributed by atoms with Gasteiger partial charge in [0.15, 0.2) is 0 Å². The molecule has 1 aliphatic carbocycles. The van der Waals surface area contributed by atoms with Gasteiger partial charge >= 0.3 is 0 Å². The number of halogens is 1. The molecule has 0 heterocycles. The lowest BCUT2D eigenvalue weighted by Gasteiger charge is -2.29. The Bertz CT molecular complexity index is 404. The lowest BCUT2D eigenvalue weighted by Crippen LogP contribution is -2.23. The number of hydrogen-bond acceptors (Lipinski definition) is 2. The highest BCUT2D eigenvalue weighted by atomic mass is 35.5. The van der Waals surface area contributed by atoms with Crippen LogP contribution < -0.4 is 10.1 Å². The van der Waals surface area contributed by atoms with Crippen molar-refractivity contribution in [2.45, 2.75) is 52.0 Å². The minimum atomic E-state index is 0.466. The molecule has 0 spiro atoms. The molecule has 19 heavy (non-hydrogen) atoms. The van der Waals surface area contributed by atoms with Gasteiger partial charge in [0.05, 0.1) is 12.3 Å². The summed E-state index contributed by atoms with van der Waals surface area (Å²) in [5.41, 5.74) is 1.02. The molecule has 1 aromatic rings. The van der Waals surface area contributed by atoms with E-state index in [-0.39, 0.29) is 0 Å². The fourth-order valence-corrected chi connectivity index (χ4v) is 2.68. The Morgan fingerprint density at radius 3 is 2.84 bits per heavy atom. The zero-order valence-corrected chi connectivity index (χ0v) is 12.7. The van der Waals surface area contributed by atoms with Gasteiger partial charge in [0.1, 0.15) is 5.75 Å². The van der Waals surface area contributed by atoms with Crippen molar-refractivity contribution in [3.05, 3.63) is 23.2 Å². The van der Waals surface area contributed by atoms with Crippen LogP contribution in [0.5, 0.6) is 5.75 Å². The molecule has 0 aromatic heterocycles. The maximum absolute atomic E-state index is 6.08. The quantitative estimate of drug-likeness (QED) is 0.749. The maximum atomic E-state index is 6.08. The Morgan fingerprint density at radius 1 is 1.42 bits per heavy atom. The second-order valence-corrected chi connectivity index (χ2v) is 6.00. The molecular formula is C16H24ClNO. The van der Waals surface area contributed by atoms with Crippen LogP contribution in [0.3, 0.4) is 0 Å². The molecular weight excluding hydrogens is 258 g/mol. The summed E-state index contributed by atoms with van der Waals surface area (Å²) in [7, 11) is 0. The van der Waals surface area contributed by atoms with Crippen molar-refractivity contribution in [3.8, 4) is 5.75 Å². The van der Waals surface area contributed by atoms with Crippen molar-refractivity contribution in [3.63, 3.8) is 0 Å². The van der Waals surface area contributed by atoms with Crippen LogP contribution >= 0.6 is 11.6 Å². The Balaban J connectivity index is 1.97. The van der Waals surface area contributed by atoms with Crippen LogP contribution in [0.25, 0.3) is 0 Å². The van der Waals surface area contributed by atoms with Crippen molar-refractivity contribution in [1.82, 2.24) is 0 Å². The van der Waals surface area contributed by atoms with Crippen LogP contribution in [0.1, 0.15) is 46.0 Å². The van der Waals surface area contributed by atoms with E-state index < -0.39 is 0 Å². The number of nitrogens with one attached hydrogen (secondary N) is 1. The van der Waals surface area contributed by atoms with E-state index >= 15 is 0 Å². The topological polar surface area (TPSA) is 21.3 Å². The molecule has 1 unspecified atom stereocenters. The first-order valence-electron chi connectivity index (χ1n) is 7.38. The van der Waals surface area contributed by atoms with E-state index in [0.29, 0.717) is 6.04 Å². The Morgan fingerprint density at radius 2 is 2.21 bits per heavy atom. The largest absolute Gasteiger partial charge is 0.491 e. The monoisotopic (exact) mass is 281 g/mol. The van der Waals surface area contributed by atoms with Crippen molar-refractivity contribution >= 4 is 17.3 Å². The van der Waals surface area contributed by atoms with Crippen LogP contribution in [0, 0.1) is 5.92 Å². The third kappa shape index (κ3) is 4.31. The maximum Gasteiger partial charge on any atom is 0.142 e. The highest BCUT2D eigenvalue weighted by Crippen LogP contribution is 2.33. The lowest BCUT2D eigenvalue weighted by molar-refractivity contribution is 0.285. The molecule has 0 radical (unpaired) electrons. The number of anilines is 1. The molecule has 1 saturated carbocycles. The van der Waals surface area contributed by atoms with Gasteiger partial charge in [0.2, 0.25) is 0 Å². The predicted octanol–water partition coefficient (Wildman–Crippen LogP) is 5.12. The van der Waals surface area contributed by atoms with Gasteiger partial charge in [-0.3, -0.25) is 0 Å². The van der Waals surface area contributed by atoms with E-state index in [0.717, 1.165) is 35.4 Å². The normalized spacial score (nSPS) is 16.8. The summed E-state index contributed by atoms with van der Waals surface area (Å²) in [5.74, 6) is 1.81. The first-order valence-corrected chi connectivity index (χ1v) is 7.75. The standard InChI is InChI=1S/C16H24ClNO/c1-3-9-19-16-8-7-14(17)11-15(16)18-12(2)10-13-5-4-6-13/h7-8,11-13,18H,3-6,9-10H2,1-2H3. The lowest BCUT2D eigenvalue weighted by atomic mass is 9.81. The molecule has 0 amide bonds. The molecule has 2 rings (SSSR count). The molecule has 1 aliphatic rings. The van der Waals surface area contributed by atoms with E-state index in [1.54, 1.807) is 0 Å². The van der Waals surface area contributed by atoms with Gasteiger partial charge < -0.3 is 10.1 Å². The van der Waals surface area contributed by atoms with Crippen molar-refractivity contribution in [2.75, 3.05) is 11.9 Å². The summed E-state index contributed by atoms with van der Waals surface area (Å²) in [6.07, 6.45) is 6.43. The van der Waals surface area contributed by atoms with Crippen molar-refractivity contribution in [1.29, 1.82) is 0 Å². The van der Waals surface area contributed by atoms with E-state index in [1.165, 1.54) is 25.7 Å². The van der Waals surface area contributed by atoms with Gasteiger partial charge in [-0.25, -0.2) is 0 Å². The highest BCUT2D eigenvalue weighted by molar-refractivity contribution is 6.30. The molecule has 0 bridgehead atoms. The molecule has 1 fully saturated rings. The van der Waals surface area contributed by atoms with Crippen LogP contribution in [0.15, 0.2) is 18.2 Å². The molecule has 0 saturated heterocycles. The first kappa shape index (κ1) is 14.5. The smallest absolute Gasteiger partial charge is 0.142 e. The second kappa shape index (κ2) is 7.04. The van der Waals surface area contributed by atoms with Crippen LogP contribution in [-0.4, -0.2) is 12.6 Å². The summed E-state index contributed by atoms with van der Waals surface area (Å²) in [6.45, 7) is 5.10. The van der Waals surface area contributed by atoms with Crippen LogP contribution in [0.4, 0.5) is 5.69 Å². The predicted molar refractivity (Wildman–Crippen MR) is 82.3 cm³/mol. The minimum absolute atomic E-state index is 0.466. The third-order valence-corrected chi connectivity index (χ3v) is 3.95. The SMILES string of the molecule is CCCOc1ccc(Cl)cc1NC(C)CC1CCC1. The summed E-state index contributed by atoms with van der Waals surface area (Å²) >= 11 is 6.08. The summed E-state index contributed by atoms with van der Waals surface area (Å²) < 4.78 is 5.77. The van der Waals surface area contributed by atoms with Crippen LogP contribution in [-0.2, 0) is 0 Å². The number of benzene rings is 1. The second-order valence-electron chi connectivity index (χ2n) is 5.57. The fourth-order valence-electron chi connectivity index (χ4n) is 2.51. The van der Waals surface area contributed by atoms with Gasteiger partial charge in [-0.1, -0.05) is 37.8 Å². The summed E-state index contributed by atoms with van der Waals surface area (Å²) in [5, 5.41) is 4.30. The van der Waals surface area contributed by atoms with E-state index in [9.17, 15) is 0 Å². The Labute approximate surface area is 121 Å². The highest BCUT2D eigenvalue weighted by Gasteiger charge is 2.20. The molecule has 106 valence electrons. The first-order chi connectivity index (χ1) is 9.19. The fraction of sp³-hybridized carbons (Fsp3) is 0.625. The van der Waals surface area contributed by atoms with Gasteiger partial charge in [-0.05, 0) is 43.9 Å².